The van der Waals surface area contributed by atoms with Crippen molar-refractivity contribution >= 4 is 12.0 Å². The minimum atomic E-state index is -0.718. The van der Waals surface area contributed by atoms with Crippen LogP contribution in [0.1, 0.15) is 52.9 Å². The first-order valence-electron chi connectivity index (χ1n) is 7.88. The molecule has 1 fully saturated rings. The molecule has 2 amide bonds. The van der Waals surface area contributed by atoms with Crippen molar-refractivity contribution in [3.8, 4) is 0 Å². The second kappa shape index (κ2) is 11.4. The molecule has 1 aliphatic heterocycles. The van der Waals surface area contributed by atoms with Crippen molar-refractivity contribution in [1.82, 2.24) is 9.80 Å². The highest BCUT2D eigenvalue weighted by Gasteiger charge is 2.11. The molecule has 1 saturated heterocycles. The lowest BCUT2D eigenvalue weighted by atomic mass is 10.2. The molecule has 6 nitrogen and oxygen atoms in total. The number of rotatable bonds is 5. The van der Waals surface area contributed by atoms with Gasteiger partial charge in [0.25, 0.3) is 0 Å². The molecule has 0 aromatic carbocycles. The van der Waals surface area contributed by atoms with Crippen LogP contribution in [0.4, 0.5) is 4.79 Å². The van der Waals surface area contributed by atoms with Gasteiger partial charge in [-0.2, -0.15) is 0 Å². The molecule has 1 heterocycles. The normalized spacial score (nSPS) is 15.4. The van der Waals surface area contributed by atoms with Crippen molar-refractivity contribution in [3.05, 3.63) is 0 Å². The average Bonchev–Trinajstić information content (AvgIpc) is 2.68. The summed E-state index contributed by atoms with van der Waals surface area (Å²) in [5, 5.41) is 8.41. The number of nitrogens with two attached hydrogens (primary N) is 1. The smallest absolute Gasteiger partial charge is 0.314 e. The highest BCUT2D eigenvalue weighted by Crippen LogP contribution is 2.08. The minimum Gasteiger partial charge on any atom is -0.481 e. The van der Waals surface area contributed by atoms with Gasteiger partial charge in [-0.25, -0.2) is 4.79 Å². The van der Waals surface area contributed by atoms with Gasteiger partial charge in [0.1, 0.15) is 0 Å². The topological polar surface area (TPSA) is 86.9 Å². The maximum atomic E-state index is 10.7. The predicted octanol–water partition coefficient (Wildman–Crippen LogP) is 2.13. The SMILES string of the molecule is CCN(CCC(=O)O)C(C)C.NC(=O)N1CCCCCC1. The first-order valence-corrected chi connectivity index (χ1v) is 7.88. The Hall–Kier alpha value is -1.30. The van der Waals surface area contributed by atoms with E-state index in [2.05, 4.69) is 18.7 Å². The van der Waals surface area contributed by atoms with E-state index in [4.69, 9.17) is 10.8 Å². The number of carbonyl (C=O) groups is 2. The Kier molecular flexibility index (Phi) is 10.7. The Morgan fingerprint density at radius 3 is 2.05 bits per heavy atom. The van der Waals surface area contributed by atoms with E-state index in [1.54, 1.807) is 4.90 Å². The van der Waals surface area contributed by atoms with E-state index in [-0.39, 0.29) is 12.5 Å². The van der Waals surface area contributed by atoms with Gasteiger partial charge in [0.05, 0.1) is 6.42 Å². The second-order valence-corrected chi connectivity index (χ2v) is 5.61. The van der Waals surface area contributed by atoms with Crippen LogP contribution in [0.2, 0.25) is 0 Å². The molecule has 0 radical (unpaired) electrons. The van der Waals surface area contributed by atoms with E-state index in [0.717, 1.165) is 32.5 Å². The van der Waals surface area contributed by atoms with E-state index in [1.807, 2.05) is 6.92 Å². The molecule has 0 unspecified atom stereocenters. The molecule has 124 valence electrons. The van der Waals surface area contributed by atoms with Crippen molar-refractivity contribution in [1.29, 1.82) is 0 Å². The Balaban J connectivity index is 0.000000382. The van der Waals surface area contributed by atoms with Crippen molar-refractivity contribution < 1.29 is 14.7 Å². The Labute approximate surface area is 128 Å². The highest BCUT2D eigenvalue weighted by atomic mass is 16.4. The quantitative estimate of drug-likeness (QED) is 0.814. The zero-order valence-electron chi connectivity index (χ0n) is 13.7. The van der Waals surface area contributed by atoms with Crippen LogP contribution < -0.4 is 5.73 Å². The molecule has 0 aliphatic carbocycles. The monoisotopic (exact) mass is 301 g/mol. The van der Waals surface area contributed by atoms with Crippen LogP contribution in [0.5, 0.6) is 0 Å². The fourth-order valence-electron chi connectivity index (χ4n) is 2.31. The van der Waals surface area contributed by atoms with Crippen LogP contribution in [-0.4, -0.2) is 59.1 Å². The summed E-state index contributed by atoms with van der Waals surface area (Å²) in [4.78, 5) is 24.7. The molecular formula is C15H31N3O3. The summed E-state index contributed by atoms with van der Waals surface area (Å²) in [6.45, 7) is 9.48. The predicted molar refractivity (Wildman–Crippen MR) is 84.3 cm³/mol. The van der Waals surface area contributed by atoms with Crippen molar-refractivity contribution in [3.63, 3.8) is 0 Å². The molecule has 21 heavy (non-hydrogen) atoms. The van der Waals surface area contributed by atoms with Crippen molar-refractivity contribution in [2.75, 3.05) is 26.2 Å². The maximum Gasteiger partial charge on any atom is 0.314 e. The van der Waals surface area contributed by atoms with Gasteiger partial charge in [0, 0.05) is 25.7 Å². The standard InChI is InChI=1S/C8H17NO2.C7H14N2O/c1-4-9(7(2)3)6-5-8(10)11;8-7(10)9-5-3-1-2-4-6-9/h7H,4-6H2,1-3H3,(H,10,11);1-6H2,(H2,8,10). The summed E-state index contributed by atoms with van der Waals surface area (Å²) < 4.78 is 0. The fourth-order valence-corrected chi connectivity index (χ4v) is 2.31. The van der Waals surface area contributed by atoms with Gasteiger partial charge in [-0.05, 0) is 33.2 Å². The number of nitrogens with zero attached hydrogens (tertiary/aromatic N) is 2. The van der Waals surface area contributed by atoms with Gasteiger partial charge >= 0.3 is 12.0 Å². The van der Waals surface area contributed by atoms with E-state index < -0.39 is 5.97 Å². The summed E-state index contributed by atoms with van der Waals surface area (Å²) in [5.41, 5.74) is 5.12. The Morgan fingerprint density at radius 2 is 1.71 bits per heavy atom. The Bertz CT molecular complexity index is 301. The number of carboxylic acids is 1. The van der Waals surface area contributed by atoms with Gasteiger partial charge < -0.3 is 20.6 Å². The van der Waals surface area contributed by atoms with Gasteiger partial charge in [0.15, 0.2) is 0 Å². The molecule has 0 atom stereocenters. The van der Waals surface area contributed by atoms with Crippen LogP contribution in [0.25, 0.3) is 0 Å². The highest BCUT2D eigenvalue weighted by molar-refractivity contribution is 5.71. The zero-order valence-corrected chi connectivity index (χ0v) is 13.7. The van der Waals surface area contributed by atoms with Crippen molar-refractivity contribution in [2.45, 2.75) is 58.9 Å². The van der Waals surface area contributed by atoms with Gasteiger partial charge in [0.2, 0.25) is 0 Å². The molecule has 0 bridgehead atoms. The molecule has 3 N–H and O–H groups in total. The largest absolute Gasteiger partial charge is 0.481 e. The van der Waals surface area contributed by atoms with Crippen LogP contribution in [-0.2, 0) is 4.79 Å². The molecule has 0 saturated carbocycles. The molecular weight excluding hydrogens is 270 g/mol. The molecule has 0 spiro atoms. The molecule has 0 aromatic heterocycles. The van der Waals surface area contributed by atoms with E-state index >= 15 is 0 Å². The third kappa shape index (κ3) is 10.1. The minimum absolute atomic E-state index is 0.242. The first-order chi connectivity index (χ1) is 9.88. The number of urea groups is 1. The number of likely N-dealkylation sites (tertiary alicyclic amines) is 1. The van der Waals surface area contributed by atoms with Gasteiger partial charge in [-0.15, -0.1) is 0 Å². The summed E-state index contributed by atoms with van der Waals surface area (Å²) in [7, 11) is 0. The molecule has 1 rings (SSSR count). The summed E-state index contributed by atoms with van der Waals surface area (Å²) in [5.74, 6) is -0.718. The lowest BCUT2D eigenvalue weighted by Crippen LogP contribution is -2.36. The van der Waals surface area contributed by atoms with Crippen molar-refractivity contribution in [2.24, 2.45) is 5.73 Å². The molecule has 0 aromatic rings. The number of primary amides is 1. The van der Waals surface area contributed by atoms with Crippen LogP contribution >= 0.6 is 0 Å². The summed E-state index contributed by atoms with van der Waals surface area (Å²) in [6.07, 6.45) is 4.95. The number of aliphatic carboxylic acids is 1. The summed E-state index contributed by atoms with van der Waals surface area (Å²) >= 11 is 0. The zero-order chi connectivity index (χ0) is 16.3. The van der Waals surface area contributed by atoms with Gasteiger partial charge in [-0.1, -0.05) is 19.8 Å². The second-order valence-electron chi connectivity index (χ2n) is 5.61. The third-order valence-corrected chi connectivity index (χ3v) is 3.67. The maximum absolute atomic E-state index is 10.7. The van der Waals surface area contributed by atoms with E-state index in [0.29, 0.717) is 12.6 Å². The lowest BCUT2D eigenvalue weighted by molar-refractivity contribution is -0.137. The van der Waals surface area contributed by atoms with Crippen LogP contribution in [0, 0.1) is 0 Å². The number of amides is 2. The van der Waals surface area contributed by atoms with E-state index in [9.17, 15) is 9.59 Å². The number of carbonyl (C=O) groups excluding carboxylic acids is 1. The molecule has 6 heteroatoms. The number of carboxylic acid groups (broad SMARTS) is 1. The van der Waals surface area contributed by atoms with Gasteiger partial charge in [-0.3, -0.25) is 4.79 Å². The van der Waals surface area contributed by atoms with Crippen LogP contribution in [0.3, 0.4) is 0 Å². The first kappa shape index (κ1) is 19.7. The number of hydrogen-bond donors (Lipinski definition) is 2. The Morgan fingerprint density at radius 1 is 1.19 bits per heavy atom. The van der Waals surface area contributed by atoms with Crippen LogP contribution in [0.15, 0.2) is 0 Å². The average molecular weight is 301 g/mol. The molecule has 1 aliphatic rings. The summed E-state index contributed by atoms with van der Waals surface area (Å²) in [6, 6.07) is 0.182. The fraction of sp³-hybridized carbons (Fsp3) is 0.867. The van der Waals surface area contributed by atoms with E-state index in [1.165, 1.54) is 12.8 Å². The lowest BCUT2D eigenvalue weighted by Gasteiger charge is -2.23. The third-order valence-electron chi connectivity index (χ3n) is 3.67. The number of hydrogen-bond acceptors (Lipinski definition) is 3.